The Bertz CT molecular complexity index is 549. The summed E-state index contributed by atoms with van der Waals surface area (Å²) in [6.07, 6.45) is 1.80. The van der Waals surface area contributed by atoms with E-state index in [2.05, 4.69) is 10.4 Å². The van der Waals surface area contributed by atoms with Crippen molar-refractivity contribution in [3.05, 3.63) is 35.7 Å². The average molecular weight is 247 g/mol. The monoisotopic (exact) mass is 247 g/mol. The first-order valence-electron chi connectivity index (χ1n) is 5.70. The molecular weight excluding hydrogens is 230 g/mol. The van der Waals surface area contributed by atoms with Crippen LogP contribution < -0.4 is 10.1 Å². The van der Waals surface area contributed by atoms with Gasteiger partial charge in [0, 0.05) is 13.6 Å². The quantitative estimate of drug-likeness (QED) is 0.868. The van der Waals surface area contributed by atoms with Crippen molar-refractivity contribution >= 4 is 5.69 Å². The molecular formula is C13H17N3O2. The van der Waals surface area contributed by atoms with E-state index < -0.39 is 0 Å². The molecule has 96 valence electrons. The number of rotatable bonds is 4. The Labute approximate surface area is 106 Å². The lowest BCUT2D eigenvalue weighted by molar-refractivity contribution is 0.373. The Kier molecular flexibility index (Phi) is 3.41. The van der Waals surface area contributed by atoms with Gasteiger partial charge in [0.1, 0.15) is 0 Å². The molecule has 0 bridgehead atoms. The zero-order valence-corrected chi connectivity index (χ0v) is 10.8. The molecule has 2 rings (SSSR count). The van der Waals surface area contributed by atoms with Crippen LogP contribution in [0.1, 0.15) is 11.3 Å². The molecule has 1 heterocycles. The molecule has 0 fully saturated rings. The van der Waals surface area contributed by atoms with Crippen LogP contribution in [0.4, 0.5) is 5.69 Å². The highest BCUT2D eigenvalue weighted by Gasteiger charge is 2.05. The smallest absolute Gasteiger partial charge is 0.160 e. The standard InChI is InChI=1S/C13H17N3O2/c1-9-11(8-15-16(9)2)14-7-10-4-5-12(17)13(6-10)18-3/h4-6,8,14,17H,7H2,1-3H3. The zero-order chi connectivity index (χ0) is 13.1. The number of nitrogens with one attached hydrogen (secondary N) is 1. The van der Waals surface area contributed by atoms with Crippen LogP contribution in [-0.2, 0) is 13.6 Å². The minimum absolute atomic E-state index is 0.152. The van der Waals surface area contributed by atoms with E-state index in [4.69, 9.17) is 4.74 Å². The Morgan fingerprint density at radius 2 is 2.22 bits per heavy atom. The molecule has 5 heteroatoms. The maximum absolute atomic E-state index is 9.51. The van der Waals surface area contributed by atoms with E-state index in [1.165, 1.54) is 7.11 Å². The summed E-state index contributed by atoms with van der Waals surface area (Å²) in [6, 6.07) is 5.30. The molecule has 2 N–H and O–H groups in total. The van der Waals surface area contributed by atoms with Gasteiger partial charge in [-0.2, -0.15) is 5.10 Å². The summed E-state index contributed by atoms with van der Waals surface area (Å²) in [5, 5.41) is 17.0. The number of benzene rings is 1. The number of nitrogens with zero attached hydrogens (tertiary/aromatic N) is 2. The molecule has 1 aromatic heterocycles. The fourth-order valence-electron chi connectivity index (χ4n) is 1.70. The summed E-state index contributed by atoms with van der Waals surface area (Å²) >= 11 is 0. The number of anilines is 1. The lowest BCUT2D eigenvalue weighted by Crippen LogP contribution is -2.01. The van der Waals surface area contributed by atoms with E-state index in [9.17, 15) is 5.11 Å². The third kappa shape index (κ3) is 2.40. The first kappa shape index (κ1) is 12.3. The number of aromatic hydroxyl groups is 1. The average Bonchev–Trinajstić information content (AvgIpc) is 2.69. The predicted octanol–water partition coefficient (Wildman–Crippen LogP) is 2.05. The van der Waals surface area contributed by atoms with Crippen molar-refractivity contribution in [1.29, 1.82) is 0 Å². The van der Waals surface area contributed by atoms with E-state index in [-0.39, 0.29) is 5.75 Å². The SMILES string of the molecule is COc1cc(CNc2cnn(C)c2C)ccc1O. The maximum Gasteiger partial charge on any atom is 0.160 e. The van der Waals surface area contributed by atoms with Gasteiger partial charge in [0.25, 0.3) is 0 Å². The number of hydrogen-bond acceptors (Lipinski definition) is 4. The molecule has 18 heavy (non-hydrogen) atoms. The predicted molar refractivity (Wildman–Crippen MR) is 69.9 cm³/mol. The Morgan fingerprint density at radius 3 is 2.83 bits per heavy atom. The normalized spacial score (nSPS) is 10.4. The molecule has 0 aliphatic heterocycles. The molecule has 5 nitrogen and oxygen atoms in total. The van der Waals surface area contributed by atoms with Gasteiger partial charge in [0.05, 0.1) is 24.7 Å². The summed E-state index contributed by atoms with van der Waals surface area (Å²) in [5.41, 5.74) is 3.12. The van der Waals surface area contributed by atoms with E-state index in [0.29, 0.717) is 12.3 Å². The number of ether oxygens (including phenoxy) is 1. The number of methoxy groups -OCH3 is 1. The largest absolute Gasteiger partial charge is 0.504 e. The lowest BCUT2D eigenvalue weighted by atomic mass is 10.2. The molecule has 0 saturated carbocycles. The van der Waals surface area contributed by atoms with Gasteiger partial charge in [-0.3, -0.25) is 4.68 Å². The highest BCUT2D eigenvalue weighted by Crippen LogP contribution is 2.26. The third-order valence-electron chi connectivity index (χ3n) is 2.96. The Hall–Kier alpha value is -2.17. The van der Waals surface area contributed by atoms with Crippen molar-refractivity contribution in [3.8, 4) is 11.5 Å². The third-order valence-corrected chi connectivity index (χ3v) is 2.96. The number of phenolic OH excluding ortho intramolecular Hbond substituents is 1. The highest BCUT2D eigenvalue weighted by atomic mass is 16.5. The minimum Gasteiger partial charge on any atom is -0.504 e. The van der Waals surface area contributed by atoms with Gasteiger partial charge in [0.2, 0.25) is 0 Å². The fourth-order valence-corrected chi connectivity index (χ4v) is 1.70. The zero-order valence-electron chi connectivity index (χ0n) is 10.8. The van der Waals surface area contributed by atoms with Crippen molar-refractivity contribution in [2.45, 2.75) is 13.5 Å². The van der Waals surface area contributed by atoms with Gasteiger partial charge in [-0.15, -0.1) is 0 Å². The Morgan fingerprint density at radius 1 is 1.44 bits per heavy atom. The van der Waals surface area contributed by atoms with Crippen molar-refractivity contribution in [2.24, 2.45) is 7.05 Å². The van der Waals surface area contributed by atoms with Crippen molar-refractivity contribution in [1.82, 2.24) is 9.78 Å². The van der Waals surface area contributed by atoms with Crippen molar-refractivity contribution in [2.75, 3.05) is 12.4 Å². The van der Waals surface area contributed by atoms with Crippen LogP contribution in [0, 0.1) is 6.92 Å². The summed E-state index contributed by atoms with van der Waals surface area (Å²) in [4.78, 5) is 0. The van der Waals surface area contributed by atoms with Gasteiger partial charge in [-0.1, -0.05) is 6.07 Å². The molecule has 0 aliphatic rings. The second kappa shape index (κ2) is 5.00. The van der Waals surface area contributed by atoms with Crippen LogP contribution >= 0.6 is 0 Å². The van der Waals surface area contributed by atoms with Gasteiger partial charge in [-0.05, 0) is 24.6 Å². The summed E-state index contributed by atoms with van der Waals surface area (Å²) < 4.78 is 6.89. The summed E-state index contributed by atoms with van der Waals surface area (Å²) in [6.45, 7) is 2.66. The molecule has 0 amide bonds. The first-order chi connectivity index (χ1) is 8.61. The van der Waals surface area contributed by atoms with Gasteiger partial charge < -0.3 is 15.2 Å². The van der Waals surface area contributed by atoms with Crippen LogP contribution in [0.15, 0.2) is 24.4 Å². The second-order valence-corrected chi connectivity index (χ2v) is 4.13. The molecule has 2 aromatic rings. The summed E-state index contributed by atoms with van der Waals surface area (Å²) in [7, 11) is 3.45. The van der Waals surface area contributed by atoms with E-state index in [0.717, 1.165) is 16.9 Å². The van der Waals surface area contributed by atoms with E-state index in [1.807, 2.05) is 30.8 Å². The topological polar surface area (TPSA) is 59.3 Å². The van der Waals surface area contributed by atoms with Crippen LogP contribution in [0.3, 0.4) is 0 Å². The number of aromatic nitrogens is 2. The molecule has 0 saturated heterocycles. The van der Waals surface area contributed by atoms with Crippen molar-refractivity contribution in [3.63, 3.8) is 0 Å². The molecule has 0 unspecified atom stereocenters. The molecule has 0 radical (unpaired) electrons. The van der Waals surface area contributed by atoms with Crippen molar-refractivity contribution < 1.29 is 9.84 Å². The van der Waals surface area contributed by atoms with E-state index in [1.54, 1.807) is 12.3 Å². The van der Waals surface area contributed by atoms with Crippen LogP contribution in [0.2, 0.25) is 0 Å². The molecule has 0 spiro atoms. The second-order valence-electron chi connectivity index (χ2n) is 4.13. The van der Waals surface area contributed by atoms with Crippen LogP contribution in [0.5, 0.6) is 11.5 Å². The summed E-state index contributed by atoms with van der Waals surface area (Å²) in [5.74, 6) is 0.635. The van der Waals surface area contributed by atoms with Crippen LogP contribution in [-0.4, -0.2) is 22.0 Å². The van der Waals surface area contributed by atoms with Crippen LogP contribution in [0.25, 0.3) is 0 Å². The minimum atomic E-state index is 0.152. The number of hydrogen-bond donors (Lipinski definition) is 2. The number of aryl methyl sites for hydroxylation is 1. The number of phenols is 1. The fraction of sp³-hybridized carbons (Fsp3) is 0.308. The van der Waals surface area contributed by atoms with Gasteiger partial charge >= 0.3 is 0 Å². The molecule has 1 aromatic carbocycles. The highest BCUT2D eigenvalue weighted by molar-refractivity contribution is 5.48. The van der Waals surface area contributed by atoms with Gasteiger partial charge in [-0.25, -0.2) is 0 Å². The molecule has 0 aliphatic carbocycles. The lowest BCUT2D eigenvalue weighted by Gasteiger charge is -2.08. The molecule has 0 atom stereocenters. The Balaban J connectivity index is 2.08. The maximum atomic E-state index is 9.51. The van der Waals surface area contributed by atoms with E-state index >= 15 is 0 Å². The first-order valence-corrected chi connectivity index (χ1v) is 5.70. The van der Waals surface area contributed by atoms with Gasteiger partial charge in [0.15, 0.2) is 11.5 Å².